The molecule has 0 saturated carbocycles. The maximum atomic E-state index is 12.5. The first-order valence-corrected chi connectivity index (χ1v) is 7.72. The number of nitrogens with zero attached hydrogens (tertiary/aromatic N) is 2. The highest BCUT2D eigenvalue weighted by molar-refractivity contribution is 5.50. The highest BCUT2D eigenvalue weighted by Crippen LogP contribution is 2.48. The molecule has 0 bridgehead atoms. The van der Waals surface area contributed by atoms with E-state index in [1.807, 2.05) is 0 Å². The van der Waals surface area contributed by atoms with Crippen molar-refractivity contribution in [2.45, 2.75) is 38.0 Å². The summed E-state index contributed by atoms with van der Waals surface area (Å²) in [6.07, 6.45) is 1.50. The van der Waals surface area contributed by atoms with E-state index in [2.05, 4.69) is 0 Å². The molecule has 3 rings (SSSR count). The number of hydrogen-bond donors (Lipinski definition) is 2. The second-order valence-electron chi connectivity index (χ2n) is 6.82. The van der Waals surface area contributed by atoms with E-state index in [1.54, 1.807) is 19.9 Å². The minimum Gasteiger partial charge on any atom is -0.484 e. The first-order valence-electron chi connectivity index (χ1n) is 7.72. The van der Waals surface area contributed by atoms with Gasteiger partial charge in [-0.1, -0.05) is 0 Å². The number of hydrogen-bond acceptors (Lipinski definition) is 6. The van der Waals surface area contributed by atoms with Gasteiger partial charge in [-0.2, -0.15) is 0 Å². The average Bonchev–Trinajstić information content (AvgIpc) is 2.51. The minimum absolute atomic E-state index is 0.0228. The Morgan fingerprint density at radius 3 is 2.64 bits per heavy atom. The summed E-state index contributed by atoms with van der Waals surface area (Å²) in [6.45, 7) is 4.93. The summed E-state index contributed by atoms with van der Waals surface area (Å²) < 4.78 is 7.17. The van der Waals surface area contributed by atoms with E-state index < -0.39 is 27.7 Å². The number of rotatable bonds is 2. The zero-order chi connectivity index (χ0) is 18.6. The van der Waals surface area contributed by atoms with Crippen LogP contribution in [0.25, 0.3) is 0 Å². The van der Waals surface area contributed by atoms with Crippen LogP contribution in [0.1, 0.15) is 32.4 Å². The van der Waals surface area contributed by atoms with Gasteiger partial charge in [0.05, 0.1) is 16.7 Å². The highest BCUT2D eigenvalue weighted by atomic mass is 16.6. The summed E-state index contributed by atoms with van der Waals surface area (Å²) in [6, 6.07) is 6.28. The average molecular weight is 345 g/mol. The fourth-order valence-electron chi connectivity index (χ4n) is 3.12. The number of anilines is 1. The molecule has 0 fully saturated rings. The fraction of sp³-hybridized carbons (Fsp3) is 0.353. The summed E-state index contributed by atoms with van der Waals surface area (Å²) in [5.74, 6) is 0.376. The standard InChI is InChI=1S/C17H19N3O5/c1-16(2)17(3,22)14(19-8-4-5-12(18)15(19)21)11-9-10(20(23)24)6-7-13(11)25-16/h4-9,14,22H,18H2,1-3H3. The zero-order valence-corrected chi connectivity index (χ0v) is 14.1. The Morgan fingerprint density at radius 2 is 2.00 bits per heavy atom. The van der Waals surface area contributed by atoms with Gasteiger partial charge in [0, 0.05) is 23.9 Å². The predicted octanol–water partition coefficient (Wildman–Crippen LogP) is 1.85. The highest BCUT2D eigenvalue weighted by Gasteiger charge is 2.54. The lowest BCUT2D eigenvalue weighted by Gasteiger charge is -2.49. The van der Waals surface area contributed by atoms with Crippen molar-refractivity contribution >= 4 is 11.4 Å². The molecule has 0 radical (unpaired) electrons. The Labute approximate surface area is 143 Å². The van der Waals surface area contributed by atoms with Crippen LogP contribution in [0.15, 0.2) is 41.3 Å². The van der Waals surface area contributed by atoms with Crippen molar-refractivity contribution in [1.29, 1.82) is 0 Å². The van der Waals surface area contributed by atoms with Crippen LogP contribution in [-0.4, -0.2) is 25.8 Å². The number of non-ortho nitro benzene ring substituents is 1. The van der Waals surface area contributed by atoms with E-state index in [9.17, 15) is 20.0 Å². The maximum absolute atomic E-state index is 12.5. The molecule has 1 aliphatic rings. The lowest BCUT2D eigenvalue weighted by molar-refractivity contribution is -0.385. The number of nitrogen functional groups attached to an aromatic ring is 1. The number of nitrogens with two attached hydrogens (primary N) is 1. The molecule has 1 aliphatic heterocycles. The topological polar surface area (TPSA) is 121 Å². The summed E-state index contributed by atoms with van der Waals surface area (Å²) in [5.41, 5.74) is 2.88. The molecule has 1 aromatic carbocycles. The van der Waals surface area contributed by atoms with Crippen LogP contribution in [-0.2, 0) is 0 Å². The molecule has 0 aliphatic carbocycles. The number of nitro groups is 1. The van der Waals surface area contributed by atoms with Gasteiger partial charge in [-0.05, 0) is 39.0 Å². The largest absolute Gasteiger partial charge is 0.484 e. The predicted molar refractivity (Wildman–Crippen MR) is 91.7 cm³/mol. The van der Waals surface area contributed by atoms with Crippen LogP contribution in [0.2, 0.25) is 0 Å². The van der Waals surface area contributed by atoms with Crippen molar-refractivity contribution in [3.8, 4) is 5.75 Å². The van der Waals surface area contributed by atoms with E-state index in [0.29, 0.717) is 11.3 Å². The smallest absolute Gasteiger partial charge is 0.274 e. The third-order valence-electron chi connectivity index (χ3n) is 4.90. The number of ether oxygens (including phenoxy) is 1. The van der Waals surface area contributed by atoms with E-state index >= 15 is 0 Å². The van der Waals surface area contributed by atoms with Gasteiger partial charge in [0.1, 0.15) is 17.0 Å². The quantitative estimate of drug-likeness (QED) is 0.633. The van der Waals surface area contributed by atoms with Crippen molar-refractivity contribution in [3.63, 3.8) is 0 Å². The van der Waals surface area contributed by atoms with Gasteiger partial charge in [-0.3, -0.25) is 14.9 Å². The van der Waals surface area contributed by atoms with Gasteiger partial charge in [-0.15, -0.1) is 0 Å². The maximum Gasteiger partial charge on any atom is 0.274 e. The minimum atomic E-state index is -1.53. The van der Waals surface area contributed by atoms with E-state index in [4.69, 9.17) is 10.5 Å². The van der Waals surface area contributed by atoms with Gasteiger partial charge in [0.2, 0.25) is 0 Å². The second kappa shape index (κ2) is 5.32. The fourth-order valence-corrected chi connectivity index (χ4v) is 3.12. The van der Waals surface area contributed by atoms with Crippen molar-refractivity contribution in [2.24, 2.45) is 0 Å². The molecule has 2 heterocycles. The Morgan fingerprint density at radius 1 is 1.32 bits per heavy atom. The molecule has 8 heteroatoms. The van der Waals surface area contributed by atoms with E-state index in [0.717, 1.165) is 0 Å². The van der Waals surface area contributed by atoms with Gasteiger partial charge < -0.3 is 20.1 Å². The van der Waals surface area contributed by atoms with Crippen molar-refractivity contribution < 1.29 is 14.8 Å². The molecule has 0 spiro atoms. The van der Waals surface area contributed by atoms with Crippen LogP contribution < -0.4 is 16.0 Å². The Hall–Kier alpha value is -2.87. The molecule has 25 heavy (non-hydrogen) atoms. The summed E-state index contributed by atoms with van der Waals surface area (Å²) in [5, 5.41) is 22.4. The van der Waals surface area contributed by atoms with Crippen LogP contribution >= 0.6 is 0 Å². The summed E-state index contributed by atoms with van der Waals surface area (Å²) in [7, 11) is 0. The lowest BCUT2D eigenvalue weighted by Crippen LogP contribution is -2.60. The third kappa shape index (κ3) is 2.45. The van der Waals surface area contributed by atoms with Gasteiger partial charge in [0.15, 0.2) is 0 Å². The molecule has 0 amide bonds. The van der Waals surface area contributed by atoms with E-state index in [1.165, 1.54) is 42.0 Å². The van der Waals surface area contributed by atoms with Crippen LogP contribution in [0, 0.1) is 10.1 Å². The number of nitro benzene ring substituents is 1. The number of aliphatic hydroxyl groups is 1. The second-order valence-corrected chi connectivity index (χ2v) is 6.82. The molecular weight excluding hydrogens is 326 g/mol. The number of aromatic nitrogens is 1. The van der Waals surface area contributed by atoms with Crippen molar-refractivity contribution in [1.82, 2.24) is 4.57 Å². The molecule has 3 N–H and O–H groups in total. The van der Waals surface area contributed by atoms with Crippen LogP contribution in [0.4, 0.5) is 11.4 Å². The van der Waals surface area contributed by atoms with Gasteiger partial charge >= 0.3 is 0 Å². The monoisotopic (exact) mass is 345 g/mol. The zero-order valence-electron chi connectivity index (χ0n) is 14.1. The van der Waals surface area contributed by atoms with E-state index in [-0.39, 0.29) is 11.4 Å². The van der Waals surface area contributed by atoms with Crippen molar-refractivity contribution in [3.05, 3.63) is 62.6 Å². The third-order valence-corrected chi connectivity index (χ3v) is 4.90. The Kier molecular flexibility index (Phi) is 3.61. The normalized spacial score (nSPS) is 24.2. The van der Waals surface area contributed by atoms with Crippen molar-refractivity contribution in [2.75, 3.05) is 5.73 Å². The molecule has 1 aromatic heterocycles. The number of fused-ring (bicyclic) bond motifs is 1. The number of benzene rings is 1. The SMILES string of the molecule is CC1(C)Oc2ccc([N+](=O)[O-])cc2C(n2cccc(N)c2=O)C1(C)O. The molecule has 0 saturated heterocycles. The Bertz CT molecular complexity index is 917. The van der Waals surface area contributed by atoms with Gasteiger partial charge in [-0.25, -0.2) is 0 Å². The molecule has 2 atom stereocenters. The molecular formula is C17H19N3O5. The first kappa shape index (κ1) is 17.0. The van der Waals surface area contributed by atoms with Crippen LogP contribution in [0.3, 0.4) is 0 Å². The summed E-state index contributed by atoms with van der Waals surface area (Å²) in [4.78, 5) is 23.2. The lowest BCUT2D eigenvalue weighted by atomic mass is 9.75. The molecule has 2 aromatic rings. The number of pyridine rings is 1. The first-order chi connectivity index (χ1) is 11.6. The summed E-state index contributed by atoms with van der Waals surface area (Å²) >= 11 is 0. The van der Waals surface area contributed by atoms with Crippen LogP contribution in [0.5, 0.6) is 5.75 Å². The molecule has 8 nitrogen and oxygen atoms in total. The molecule has 2 unspecified atom stereocenters. The van der Waals surface area contributed by atoms with Gasteiger partial charge in [0.25, 0.3) is 11.2 Å². The molecule has 132 valence electrons. The Balaban J connectivity index is 2.34.